The fourth-order valence-corrected chi connectivity index (χ4v) is 0.619. The van der Waals surface area contributed by atoms with E-state index in [1.165, 1.54) is 4.68 Å². The van der Waals surface area contributed by atoms with Gasteiger partial charge in [0.05, 0.1) is 5.69 Å². The van der Waals surface area contributed by atoms with Crippen molar-refractivity contribution in [3.8, 4) is 5.88 Å². The Balaban J connectivity index is 3.04. The van der Waals surface area contributed by atoms with Crippen LogP contribution in [-0.2, 0) is 0 Å². The Bertz CT molecular complexity index is 206. The van der Waals surface area contributed by atoms with Crippen LogP contribution in [0.2, 0.25) is 0 Å². The molecule has 0 unspecified atom stereocenters. The molecular formula is C5H9N3O. The molecule has 0 atom stereocenters. The third-order valence-electron chi connectivity index (χ3n) is 1.13. The van der Waals surface area contributed by atoms with E-state index in [0.717, 1.165) is 0 Å². The molecule has 0 spiro atoms. The lowest BCUT2D eigenvalue weighted by molar-refractivity contribution is 0.437. The van der Waals surface area contributed by atoms with Crippen molar-refractivity contribution in [3.05, 3.63) is 12.3 Å². The molecule has 0 bridgehead atoms. The molecule has 0 amide bonds. The second-order valence-corrected chi connectivity index (χ2v) is 1.69. The predicted molar refractivity (Wildman–Crippen MR) is 35.8 cm³/mol. The molecule has 1 aromatic rings. The van der Waals surface area contributed by atoms with Gasteiger partial charge < -0.3 is 16.3 Å². The van der Waals surface area contributed by atoms with Crippen LogP contribution in [0.25, 0.3) is 0 Å². The first-order valence-corrected chi connectivity index (χ1v) is 2.59. The highest BCUT2D eigenvalue weighted by Gasteiger charge is 1.99. The van der Waals surface area contributed by atoms with Gasteiger partial charge in [-0.3, -0.25) is 0 Å². The number of nitrogens with two attached hydrogens (primary N) is 1. The Morgan fingerprint density at radius 1 is 1.78 bits per heavy atom. The first-order chi connectivity index (χ1) is 4.25. The number of aromatic nitrogens is 1. The van der Waals surface area contributed by atoms with Crippen LogP contribution >= 0.6 is 0 Å². The third kappa shape index (κ3) is 0.782. The first kappa shape index (κ1) is 5.81. The SMILES string of the molecule is CNn1ccc(N)c1O. The van der Waals surface area contributed by atoms with E-state index in [-0.39, 0.29) is 5.88 Å². The molecule has 0 saturated heterocycles. The monoisotopic (exact) mass is 127 g/mol. The smallest absolute Gasteiger partial charge is 0.233 e. The number of nitrogen functional groups attached to an aromatic ring is 1. The molecule has 4 heteroatoms. The molecule has 0 aliphatic heterocycles. The molecule has 1 aromatic heterocycles. The van der Waals surface area contributed by atoms with E-state index in [0.29, 0.717) is 5.69 Å². The normalized spacial score (nSPS) is 9.44. The first-order valence-electron chi connectivity index (χ1n) is 2.59. The van der Waals surface area contributed by atoms with Gasteiger partial charge in [0.2, 0.25) is 5.88 Å². The minimum absolute atomic E-state index is 0.0532. The highest BCUT2D eigenvalue weighted by molar-refractivity contribution is 5.48. The van der Waals surface area contributed by atoms with Crippen LogP contribution in [0.4, 0.5) is 5.69 Å². The largest absolute Gasteiger partial charge is 0.492 e. The summed E-state index contributed by atoms with van der Waals surface area (Å²) in [5, 5.41) is 9.01. The molecule has 4 nitrogen and oxygen atoms in total. The lowest BCUT2D eigenvalue weighted by Crippen LogP contribution is -2.05. The standard InChI is InChI=1S/C5H9N3O/c1-7-8-3-2-4(6)5(8)9/h2-3,7,9H,6H2,1H3. The third-order valence-corrected chi connectivity index (χ3v) is 1.13. The van der Waals surface area contributed by atoms with E-state index in [9.17, 15) is 0 Å². The number of hydrogen-bond donors (Lipinski definition) is 3. The Labute approximate surface area is 52.9 Å². The molecule has 1 heterocycles. The number of aromatic hydroxyl groups is 1. The molecular weight excluding hydrogens is 118 g/mol. The van der Waals surface area contributed by atoms with E-state index in [1.54, 1.807) is 19.3 Å². The summed E-state index contributed by atoms with van der Waals surface area (Å²) in [6.07, 6.45) is 1.64. The molecule has 0 aliphatic rings. The summed E-state index contributed by atoms with van der Waals surface area (Å²) in [5.74, 6) is 0.0532. The summed E-state index contributed by atoms with van der Waals surface area (Å²) in [4.78, 5) is 0. The number of rotatable bonds is 1. The van der Waals surface area contributed by atoms with E-state index < -0.39 is 0 Å². The quantitative estimate of drug-likeness (QED) is 0.495. The van der Waals surface area contributed by atoms with Crippen LogP contribution in [0, 0.1) is 0 Å². The number of nitrogens with one attached hydrogen (secondary N) is 1. The van der Waals surface area contributed by atoms with E-state index in [1.807, 2.05) is 0 Å². The van der Waals surface area contributed by atoms with Crippen LogP contribution in [0.15, 0.2) is 12.3 Å². The topological polar surface area (TPSA) is 63.2 Å². The van der Waals surface area contributed by atoms with E-state index in [2.05, 4.69) is 5.43 Å². The average molecular weight is 127 g/mol. The van der Waals surface area contributed by atoms with Gasteiger partial charge in [0.25, 0.3) is 0 Å². The second-order valence-electron chi connectivity index (χ2n) is 1.69. The molecule has 0 aromatic carbocycles. The van der Waals surface area contributed by atoms with Crippen molar-refractivity contribution in [3.63, 3.8) is 0 Å². The van der Waals surface area contributed by atoms with Gasteiger partial charge >= 0.3 is 0 Å². The highest BCUT2D eigenvalue weighted by atomic mass is 16.3. The maximum absolute atomic E-state index is 9.01. The summed E-state index contributed by atoms with van der Waals surface area (Å²) in [6.45, 7) is 0. The van der Waals surface area contributed by atoms with Crippen molar-refractivity contribution in [2.75, 3.05) is 18.2 Å². The fourth-order valence-electron chi connectivity index (χ4n) is 0.619. The maximum Gasteiger partial charge on any atom is 0.233 e. The summed E-state index contributed by atoms with van der Waals surface area (Å²) < 4.78 is 1.43. The Hall–Kier alpha value is -1.32. The van der Waals surface area contributed by atoms with Gasteiger partial charge in [-0.05, 0) is 6.07 Å². The van der Waals surface area contributed by atoms with Crippen LogP contribution < -0.4 is 11.2 Å². The van der Waals surface area contributed by atoms with Crippen molar-refractivity contribution in [1.29, 1.82) is 0 Å². The molecule has 0 radical (unpaired) electrons. The van der Waals surface area contributed by atoms with E-state index in [4.69, 9.17) is 10.8 Å². The van der Waals surface area contributed by atoms with Gasteiger partial charge in [0.1, 0.15) is 0 Å². The second kappa shape index (κ2) is 1.89. The minimum Gasteiger partial charge on any atom is -0.492 e. The Morgan fingerprint density at radius 2 is 2.44 bits per heavy atom. The van der Waals surface area contributed by atoms with Gasteiger partial charge in [0.15, 0.2) is 0 Å². The van der Waals surface area contributed by atoms with Crippen molar-refractivity contribution >= 4 is 5.69 Å². The number of anilines is 1. The summed E-state index contributed by atoms with van der Waals surface area (Å²) in [6, 6.07) is 1.62. The molecule has 50 valence electrons. The van der Waals surface area contributed by atoms with Crippen molar-refractivity contribution < 1.29 is 5.11 Å². The van der Waals surface area contributed by atoms with Gasteiger partial charge in [-0.25, -0.2) is 4.68 Å². The zero-order chi connectivity index (χ0) is 6.85. The summed E-state index contributed by atoms with van der Waals surface area (Å²) >= 11 is 0. The fraction of sp³-hybridized carbons (Fsp3) is 0.200. The maximum atomic E-state index is 9.01. The van der Waals surface area contributed by atoms with E-state index >= 15 is 0 Å². The summed E-state index contributed by atoms with van der Waals surface area (Å²) in [7, 11) is 1.69. The molecule has 0 fully saturated rings. The van der Waals surface area contributed by atoms with Gasteiger partial charge in [-0.2, -0.15) is 0 Å². The van der Waals surface area contributed by atoms with Gasteiger partial charge in [0, 0.05) is 13.2 Å². The highest BCUT2D eigenvalue weighted by Crippen LogP contribution is 2.17. The Kier molecular flexibility index (Phi) is 1.22. The van der Waals surface area contributed by atoms with Crippen LogP contribution in [0.5, 0.6) is 5.88 Å². The van der Waals surface area contributed by atoms with Crippen LogP contribution in [0.1, 0.15) is 0 Å². The lowest BCUT2D eigenvalue weighted by atomic mass is 10.5. The molecule has 4 N–H and O–H groups in total. The zero-order valence-corrected chi connectivity index (χ0v) is 5.13. The zero-order valence-electron chi connectivity index (χ0n) is 5.13. The summed E-state index contributed by atoms with van der Waals surface area (Å²) in [5.41, 5.74) is 8.39. The molecule has 9 heavy (non-hydrogen) atoms. The van der Waals surface area contributed by atoms with Crippen LogP contribution in [0.3, 0.4) is 0 Å². The predicted octanol–water partition coefficient (Wildman–Crippen LogP) is -0.0508. The van der Waals surface area contributed by atoms with Crippen LogP contribution in [-0.4, -0.2) is 16.8 Å². The number of hydrogen-bond acceptors (Lipinski definition) is 3. The van der Waals surface area contributed by atoms with Gasteiger partial charge in [-0.15, -0.1) is 0 Å². The minimum atomic E-state index is 0.0532. The lowest BCUT2D eigenvalue weighted by Gasteiger charge is -2.00. The van der Waals surface area contributed by atoms with Crippen molar-refractivity contribution in [2.45, 2.75) is 0 Å². The number of nitrogens with zero attached hydrogens (tertiary/aromatic N) is 1. The van der Waals surface area contributed by atoms with Gasteiger partial charge in [-0.1, -0.05) is 0 Å². The average Bonchev–Trinajstić information content (AvgIpc) is 2.15. The van der Waals surface area contributed by atoms with Crippen molar-refractivity contribution in [2.24, 2.45) is 0 Å². The molecule has 0 aliphatic carbocycles. The molecule has 0 saturated carbocycles. The molecule has 1 rings (SSSR count). The van der Waals surface area contributed by atoms with Crippen molar-refractivity contribution in [1.82, 2.24) is 4.68 Å². The Morgan fingerprint density at radius 3 is 2.67 bits per heavy atom.